The van der Waals surface area contributed by atoms with Crippen molar-refractivity contribution < 1.29 is 13.2 Å². The van der Waals surface area contributed by atoms with Gasteiger partial charge < -0.3 is 10.6 Å². The molecule has 0 bridgehead atoms. The Morgan fingerprint density at radius 1 is 1.38 bits per heavy atom. The highest BCUT2D eigenvalue weighted by atomic mass is 19.4. The molecule has 5 heteroatoms. The first-order chi connectivity index (χ1) is 7.42. The summed E-state index contributed by atoms with van der Waals surface area (Å²) in [4.78, 5) is 2.11. The molecule has 2 nitrogen and oxygen atoms in total. The summed E-state index contributed by atoms with van der Waals surface area (Å²) in [6, 6.07) is 0.226. The molecule has 16 heavy (non-hydrogen) atoms. The average Bonchev–Trinajstić information content (AvgIpc) is 2.18. The van der Waals surface area contributed by atoms with Crippen molar-refractivity contribution in [3.8, 4) is 0 Å². The lowest BCUT2D eigenvalue weighted by molar-refractivity contribution is -0.136. The van der Waals surface area contributed by atoms with E-state index in [1.54, 1.807) is 0 Å². The molecule has 1 fully saturated rings. The summed E-state index contributed by atoms with van der Waals surface area (Å²) in [6.07, 6.45) is -2.57. The largest absolute Gasteiger partial charge is 0.389 e. The van der Waals surface area contributed by atoms with Crippen molar-refractivity contribution in [1.82, 2.24) is 4.90 Å². The number of likely N-dealkylation sites (tertiary alicyclic amines) is 1. The number of nitrogens with zero attached hydrogens (tertiary/aromatic N) is 1. The lowest BCUT2D eigenvalue weighted by atomic mass is 9.90. The van der Waals surface area contributed by atoms with Gasteiger partial charge in [-0.3, -0.25) is 0 Å². The van der Waals surface area contributed by atoms with E-state index in [0.717, 1.165) is 25.9 Å². The normalized spacial score (nSPS) is 28.3. The fourth-order valence-corrected chi connectivity index (χ4v) is 2.26. The lowest BCUT2D eigenvalue weighted by Crippen LogP contribution is -2.47. The van der Waals surface area contributed by atoms with Crippen molar-refractivity contribution in [2.45, 2.75) is 44.8 Å². The van der Waals surface area contributed by atoms with Crippen LogP contribution in [0.1, 0.15) is 32.6 Å². The average molecular weight is 238 g/mol. The molecule has 1 heterocycles. The maximum atomic E-state index is 12.0. The van der Waals surface area contributed by atoms with Crippen molar-refractivity contribution in [3.05, 3.63) is 0 Å². The van der Waals surface area contributed by atoms with Crippen molar-refractivity contribution in [1.29, 1.82) is 0 Å². The zero-order valence-corrected chi connectivity index (χ0v) is 9.76. The molecule has 0 radical (unpaired) electrons. The Bertz CT molecular complexity index is 206. The molecular weight excluding hydrogens is 217 g/mol. The van der Waals surface area contributed by atoms with Gasteiger partial charge in [0.1, 0.15) is 0 Å². The van der Waals surface area contributed by atoms with Crippen LogP contribution in [0.4, 0.5) is 13.2 Å². The molecule has 2 N–H and O–H groups in total. The van der Waals surface area contributed by atoms with Crippen LogP contribution in [0.25, 0.3) is 0 Å². The molecule has 1 aliphatic heterocycles. The van der Waals surface area contributed by atoms with Gasteiger partial charge in [0.2, 0.25) is 0 Å². The molecule has 0 amide bonds. The van der Waals surface area contributed by atoms with Crippen molar-refractivity contribution in [2.24, 2.45) is 11.7 Å². The van der Waals surface area contributed by atoms with E-state index < -0.39 is 12.6 Å². The topological polar surface area (TPSA) is 29.3 Å². The van der Waals surface area contributed by atoms with Crippen LogP contribution >= 0.6 is 0 Å². The van der Waals surface area contributed by atoms with Gasteiger partial charge in [0, 0.05) is 19.0 Å². The Labute approximate surface area is 95.0 Å². The molecule has 1 aliphatic rings. The zero-order valence-electron chi connectivity index (χ0n) is 9.76. The lowest BCUT2D eigenvalue weighted by Gasteiger charge is -2.36. The monoisotopic (exact) mass is 238 g/mol. The third-order valence-corrected chi connectivity index (χ3v) is 3.34. The van der Waals surface area contributed by atoms with Crippen LogP contribution in [-0.4, -0.2) is 36.8 Å². The Kier molecular flexibility index (Phi) is 5.05. The van der Waals surface area contributed by atoms with E-state index in [4.69, 9.17) is 5.73 Å². The van der Waals surface area contributed by atoms with E-state index >= 15 is 0 Å². The predicted octanol–water partition coefficient (Wildman–Crippen LogP) is 2.39. The Morgan fingerprint density at radius 3 is 2.62 bits per heavy atom. The highest BCUT2D eigenvalue weighted by Crippen LogP contribution is 2.23. The van der Waals surface area contributed by atoms with Gasteiger partial charge in [0.15, 0.2) is 0 Å². The van der Waals surface area contributed by atoms with Crippen LogP contribution < -0.4 is 5.73 Å². The SMILES string of the molecule is CCC1CN(CCCC(F)(F)F)CCC1N. The Morgan fingerprint density at radius 2 is 2.06 bits per heavy atom. The second-order valence-corrected chi connectivity index (χ2v) is 4.64. The summed E-state index contributed by atoms with van der Waals surface area (Å²) >= 11 is 0. The van der Waals surface area contributed by atoms with E-state index in [-0.39, 0.29) is 12.5 Å². The minimum atomic E-state index is -4.02. The van der Waals surface area contributed by atoms with E-state index in [1.165, 1.54) is 0 Å². The molecule has 96 valence electrons. The van der Waals surface area contributed by atoms with Crippen LogP contribution in [0.2, 0.25) is 0 Å². The van der Waals surface area contributed by atoms with Crippen molar-refractivity contribution in [3.63, 3.8) is 0 Å². The maximum absolute atomic E-state index is 12.0. The highest BCUT2D eigenvalue weighted by molar-refractivity contribution is 4.81. The Balaban J connectivity index is 2.23. The van der Waals surface area contributed by atoms with Gasteiger partial charge in [-0.15, -0.1) is 0 Å². The highest BCUT2D eigenvalue weighted by Gasteiger charge is 2.28. The molecule has 1 rings (SSSR count). The fraction of sp³-hybridized carbons (Fsp3) is 1.00. The molecule has 0 saturated carbocycles. The second-order valence-electron chi connectivity index (χ2n) is 4.64. The predicted molar refractivity (Wildman–Crippen MR) is 58.1 cm³/mol. The number of piperidine rings is 1. The molecule has 0 aromatic heterocycles. The van der Waals surface area contributed by atoms with Gasteiger partial charge in [-0.25, -0.2) is 0 Å². The summed E-state index contributed by atoms with van der Waals surface area (Å²) in [7, 11) is 0. The number of alkyl halides is 3. The summed E-state index contributed by atoms with van der Waals surface area (Å²) in [5.74, 6) is 0.444. The molecule has 0 aromatic carbocycles. The number of rotatable bonds is 4. The van der Waals surface area contributed by atoms with Crippen molar-refractivity contribution >= 4 is 0 Å². The molecule has 0 aromatic rings. The summed E-state index contributed by atoms with van der Waals surface area (Å²) in [6.45, 7) is 4.33. The fourth-order valence-electron chi connectivity index (χ4n) is 2.26. The van der Waals surface area contributed by atoms with Gasteiger partial charge in [-0.1, -0.05) is 13.3 Å². The van der Waals surface area contributed by atoms with Gasteiger partial charge >= 0.3 is 6.18 Å². The summed E-state index contributed by atoms with van der Waals surface area (Å²) < 4.78 is 35.9. The third kappa shape index (κ3) is 4.70. The minimum Gasteiger partial charge on any atom is -0.327 e. The molecule has 0 spiro atoms. The van der Waals surface area contributed by atoms with Crippen LogP contribution in [0, 0.1) is 5.92 Å². The van der Waals surface area contributed by atoms with Crippen LogP contribution in [0.3, 0.4) is 0 Å². The second kappa shape index (κ2) is 5.87. The molecule has 2 atom stereocenters. The molecular formula is C11H21F3N2. The zero-order chi connectivity index (χ0) is 12.2. The maximum Gasteiger partial charge on any atom is 0.389 e. The van der Waals surface area contributed by atoms with E-state index in [9.17, 15) is 13.2 Å². The summed E-state index contributed by atoms with van der Waals surface area (Å²) in [5, 5.41) is 0. The van der Waals surface area contributed by atoms with Gasteiger partial charge in [0.05, 0.1) is 0 Å². The van der Waals surface area contributed by atoms with Gasteiger partial charge in [-0.2, -0.15) is 13.2 Å². The van der Waals surface area contributed by atoms with E-state index in [2.05, 4.69) is 11.8 Å². The molecule has 0 aliphatic carbocycles. The standard InChI is InChI=1S/C11H21F3N2/c1-2-9-8-16(7-4-10(9)15)6-3-5-11(12,13)14/h9-10H,2-8,15H2,1H3. The van der Waals surface area contributed by atoms with Crippen LogP contribution in [-0.2, 0) is 0 Å². The number of hydrogen-bond donors (Lipinski definition) is 1. The first kappa shape index (κ1) is 13.8. The van der Waals surface area contributed by atoms with Gasteiger partial charge in [-0.05, 0) is 31.8 Å². The summed E-state index contributed by atoms with van der Waals surface area (Å²) in [5.41, 5.74) is 5.94. The number of hydrogen-bond acceptors (Lipinski definition) is 2. The Hall–Kier alpha value is -0.290. The first-order valence-corrected chi connectivity index (χ1v) is 5.97. The third-order valence-electron chi connectivity index (χ3n) is 3.34. The first-order valence-electron chi connectivity index (χ1n) is 5.97. The molecule has 1 saturated heterocycles. The van der Waals surface area contributed by atoms with Crippen LogP contribution in [0.5, 0.6) is 0 Å². The van der Waals surface area contributed by atoms with Gasteiger partial charge in [0.25, 0.3) is 0 Å². The minimum absolute atomic E-state index is 0.204. The number of halogens is 3. The van der Waals surface area contributed by atoms with E-state index in [0.29, 0.717) is 12.5 Å². The van der Waals surface area contributed by atoms with Crippen molar-refractivity contribution in [2.75, 3.05) is 19.6 Å². The molecule has 2 unspecified atom stereocenters. The number of nitrogens with two attached hydrogens (primary N) is 1. The smallest absolute Gasteiger partial charge is 0.327 e. The van der Waals surface area contributed by atoms with E-state index in [1.807, 2.05) is 0 Å². The van der Waals surface area contributed by atoms with Crippen LogP contribution in [0.15, 0.2) is 0 Å². The quantitative estimate of drug-likeness (QED) is 0.814.